The van der Waals surface area contributed by atoms with Crippen LogP contribution in [0, 0.1) is 0 Å². The number of fused-ring (bicyclic) bond motifs is 1. The molecule has 0 saturated carbocycles. The normalized spacial score (nSPS) is 10.6. The van der Waals surface area contributed by atoms with Crippen molar-refractivity contribution in [1.29, 1.82) is 0 Å². The van der Waals surface area contributed by atoms with Gasteiger partial charge in [-0.3, -0.25) is 19.0 Å². The van der Waals surface area contributed by atoms with E-state index in [0.717, 1.165) is 9.04 Å². The molecule has 6 nitrogen and oxygen atoms in total. The standard InChI is InChI=1S/C18H13BrN2O4/c19-11-4-3-5-12(8-11)20-18(25)14-9-16(22)21(10-17(23)24)15-7-2-1-6-13(14)15/h1-9H,10H2,(H,20,25)(H,23,24). The molecule has 2 aromatic carbocycles. The lowest BCUT2D eigenvalue weighted by atomic mass is 10.1. The first-order valence-electron chi connectivity index (χ1n) is 7.37. The molecule has 3 aromatic rings. The molecule has 0 spiro atoms. The number of carbonyl (C=O) groups excluding carboxylic acids is 1. The predicted molar refractivity (Wildman–Crippen MR) is 97.9 cm³/mol. The molecule has 1 aromatic heterocycles. The number of para-hydroxylation sites is 1. The van der Waals surface area contributed by atoms with E-state index in [1.165, 1.54) is 6.07 Å². The Morgan fingerprint density at radius 3 is 2.56 bits per heavy atom. The SMILES string of the molecule is O=C(O)Cn1c(=O)cc(C(=O)Nc2cccc(Br)c2)c2ccccc21. The minimum absolute atomic E-state index is 0.196. The summed E-state index contributed by atoms with van der Waals surface area (Å²) in [5, 5.41) is 12.3. The average Bonchev–Trinajstić information content (AvgIpc) is 2.57. The highest BCUT2D eigenvalue weighted by atomic mass is 79.9. The van der Waals surface area contributed by atoms with Crippen LogP contribution in [0.4, 0.5) is 5.69 Å². The van der Waals surface area contributed by atoms with E-state index >= 15 is 0 Å². The maximum absolute atomic E-state index is 12.6. The summed E-state index contributed by atoms with van der Waals surface area (Å²) in [4.78, 5) is 36.0. The number of hydrogen-bond acceptors (Lipinski definition) is 3. The molecule has 2 N–H and O–H groups in total. The van der Waals surface area contributed by atoms with Crippen molar-refractivity contribution in [3.63, 3.8) is 0 Å². The van der Waals surface area contributed by atoms with Crippen LogP contribution >= 0.6 is 15.9 Å². The fourth-order valence-corrected chi connectivity index (χ4v) is 2.98. The maximum atomic E-state index is 12.6. The number of halogens is 1. The number of nitrogens with zero attached hydrogens (tertiary/aromatic N) is 1. The van der Waals surface area contributed by atoms with E-state index in [1.54, 1.807) is 42.5 Å². The van der Waals surface area contributed by atoms with Crippen LogP contribution in [0.2, 0.25) is 0 Å². The summed E-state index contributed by atoms with van der Waals surface area (Å²) in [6, 6.07) is 15.0. The number of benzene rings is 2. The molecule has 0 saturated heterocycles. The van der Waals surface area contributed by atoms with Crippen molar-refractivity contribution in [2.75, 3.05) is 5.32 Å². The quantitative estimate of drug-likeness (QED) is 0.703. The van der Waals surface area contributed by atoms with Gasteiger partial charge in [-0.15, -0.1) is 0 Å². The predicted octanol–water partition coefficient (Wildman–Crippen LogP) is 3.10. The molecular weight excluding hydrogens is 388 g/mol. The van der Waals surface area contributed by atoms with Gasteiger partial charge in [-0.05, 0) is 24.3 Å². The lowest BCUT2D eigenvalue weighted by Gasteiger charge is -2.12. The van der Waals surface area contributed by atoms with E-state index in [4.69, 9.17) is 5.11 Å². The van der Waals surface area contributed by atoms with Gasteiger partial charge in [-0.25, -0.2) is 0 Å². The second kappa shape index (κ2) is 6.90. The lowest BCUT2D eigenvalue weighted by Crippen LogP contribution is -2.26. The van der Waals surface area contributed by atoms with Crippen molar-refractivity contribution in [3.05, 3.63) is 75.0 Å². The number of nitrogens with one attached hydrogen (secondary N) is 1. The van der Waals surface area contributed by atoms with Crippen LogP contribution in [-0.4, -0.2) is 21.6 Å². The smallest absolute Gasteiger partial charge is 0.323 e. The van der Waals surface area contributed by atoms with Crippen molar-refractivity contribution in [2.45, 2.75) is 6.54 Å². The van der Waals surface area contributed by atoms with Gasteiger partial charge in [0.1, 0.15) is 6.54 Å². The summed E-state index contributed by atoms with van der Waals surface area (Å²) in [5.74, 6) is -1.56. The lowest BCUT2D eigenvalue weighted by molar-refractivity contribution is -0.137. The number of aliphatic carboxylic acids is 1. The number of anilines is 1. The molecule has 126 valence electrons. The largest absolute Gasteiger partial charge is 0.480 e. The van der Waals surface area contributed by atoms with Crippen LogP contribution in [-0.2, 0) is 11.3 Å². The summed E-state index contributed by atoms with van der Waals surface area (Å²) in [5.41, 5.74) is 0.637. The van der Waals surface area contributed by atoms with Gasteiger partial charge >= 0.3 is 5.97 Å². The Bertz CT molecular complexity index is 1040. The molecule has 0 aliphatic heterocycles. The third-order valence-corrected chi connectivity index (χ3v) is 4.13. The molecule has 7 heteroatoms. The van der Waals surface area contributed by atoms with Crippen molar-refractivity contribution in [3.8, 4) is 0 Å². The van der Waals surface area contributed by atoms with Gasteiger partial charge < -0.3 is 10.4 Å². The van der Waals surface area contributed by atoms with Gasteiger partial charge in [0, 0.05) is 21.6 Å². The number of aromatic nitrogens is 1. The van der Waals surface area contributed by atoms with Gasteiger partial charge in [0.2, 0.25) is 0 Å². The monoisotopic (exact) mass is 400 g/mol. The Kier molecular flexibility index (Phi) is 4.67. The van der Waals surface area contributed by atoms with E-state index in [9.17, 15) is 14.4 Å². The van der Waals surface area contributed by atoms with Crippen molar-refractivity contribution in [1.82, 2.24) is 4.57 Å². The first-order chi connectivity index (χ1) is 12.0. The number of hydrogen-bond donors (Lipinski definition) is 2. The zero-order valence-corrected chi connectivity index (χ0v) is 14.5. The molecule has 25 heavy (non-hydrogen) atoms. The number of carbonyl (C=O) groups is 2. The van der Waals surface area contributed by atoms with Gasteiger partial charge in [-0.2, -0.15) is 0 Å². The molecular formula is C18H13BrN2O4. The minimum atomic E-state index is -1.13. The Morgan fingerprint density at radius 1 is 1.08 bits per heavy atom. The van der Waals surface area contributed by atoms with Crippen LogP contribution < -0.4 is 10.9 Å². The molecule has 0 aliphatic rings. The Hall–Kier alpha value is -2.93. The van der Waals surface area contributed by atoms with Crippen LogP contribution in [0.1, 0.15) is 10.4 Å². The first-order valence-corrected chi connectivity index (χ1v) is 8.16. The number of pyridine rings is 1. The Morgan fingerprint density at radius 2 is 1.84 bits per heavy atom. The van der Waals surface area contributed by atoms with E-state index in [-0.39, 0.29) is 5.56 Å². The van der Waals surface area contributed by atoms with Crippen molar-refractivity contribution in [2.24, 2.45) is 0 Å². The van der Waals surface area contributed by atoms with Crippen molar-refractivity contribution < 1.29 is 14.7 Å². The van der Waals surface area contributed by atoms with Gasteiger partial charge in [0.25, 0.3) is 11.5 Å². The third kappa shape index (κ3) is 3.61. The van der Waals surface area contributed by atoms with Crippen LogP contribution in [0.15, 0.2) is 63.9 Å². The number of rotatable bonds is 4. The zero-order chi connectivity index (χ0) is 18.0. The molecule has 0 unspecified atom stereocenters. The summed E-state index contributed by atoms with van der Waals surface area (Å²) < 4.78 is 1.94. The molecule has 3 rings (SSSR count). The molecule has 0 atom stereocenters. The number of carboxylic acids is 1. The average molecular weight is 401 g/mol. The summed E-state index contributed by atoms with van der Waals surface area (Å²) in [6.07, 6.45) is 0. The second-order valence-corrected chi connectivity index (χ2v) is 6.27. The molecule has 0 aliphatic carbocycles. The highest BCUT2D eigenvalue weighted by Crippen LogP contribution is 2.20. The molecule has 0 bridgehead atoms. The third-order valence-electron chi connectivity index (χ3n) is 3.64. The molecule has 0 radical (unpaired) electrons. The summed E-state index contributed by atoms with van der Waals surface area (Å²) >= 11 is 3.33. The van der Waals surface area contributed by atoms with E-state index in [0.29, 0.717) is 16.6 Å². The van der Waals surface area contributed by atoms with E-state index < -0.39 is 24.0 Å². The Labute approximate surface area is 150 Å². The maximum Gasteiger partial charge on any atom is 0.323 e. The fraction of sp³-hybridized carbons (Fsp3) is 0.0556. The van der Waals surface area contributed by atoms with Crippen LogP contribution in [0.5, 0.6) is 0 Å². The molecule has 1 heterocycles. The highest BCUT2D eigenvalue weighted by molar-refractivity contribution is 9.10. The summed E-state index contributed by atoms with van der Waals surface area (Å²) in [6.45, 7) is -0.465. The van der Waals surface area contributed by atoms with Gasteiger partial charge in [0.05, 0.1) is 11.1 Å². The fourth-order valence-electron chi connectivity index (χ4n) is 2.59. The molecule has 1 amide bonds. The summed E-state index contributed by atoms with van der Waals surface area (Å²) in [7, 11) is 0. The second-order valence-electron chi connectivity index (χ2n) is 5.36. The molecule has 0 fully saturated rings. The van der Waals surface area contributed by atoms with E-state index in [2.05, 4.69) is 21.2 Å². The van der Waals surface area contributed by atoms with Gasteiger partial charge in [0.15, 0.2) is 0 Å². The van der Waals surface area contributed by atoms with Crippen LogP contribution in [0.3, 0.4) is 0 Å². The van der Waals surface area contributed by atoms with Crippen LogP contribution in [0.25, 0.3) is 10.9 Å². The topological polar surface area (TPSA) is 88.4 Å². The first kappa shape index (κ1) is 16.9. The zero-order valence-electron chi connectivity index (χ0n) is 12.9. The Balaban J connectivity index is 2.09. The number of carboxylic acid groups (broad SMARTS) is 1. The van der Waals surface area contributed by atoms with Gasteiger partial charge in [-0.1, -0.05) is 40.2 Å². The van der Waals surface area contributed by atoms with Crippen molar-refractivity contribution >= 4 is 44.4 Å². The highest BCUT2D eigenvalue weighted by Gasteiger charge is 2.16. The number of amides is 1. The minimum Gasteiger partial charge on any atom is -0.480 e. The van der Waals surface area contributed by atoms with E-state index in [1.807, 2.05) is 6.07 Å².